The minimum Gasteiger partial charge on any atom is -0.388 e. The number of hydrogen-bond donors (Lipinski definition) is 21. The molecule has 0 aromatic rings. The topological polar surface area (TPSA) is 630 Å². The molecule has 4 aliphatic heterocycles. The maximum atomic E-state index is 13.3. The number of carbonyl (C=O) groups is 12. The van der Waals surface area contributed by atoms with Crippen LogP contribution < -0.4 is 47.9 Å². The average molecular weight is 1900 g/mol. The van der Waals surface area contributed by atoms with Gasteiger partial charge in [-0.3, -0.25) is 57.5 Å². The molecule has 4 saturated heterocycles. The van der Waals surface area contributed by atoms with Crippen LogP contribution in [0.25, 0.3) is 0 Å². The fourth-order valence-electron chi connectivity index (χ4n) is 15.1. The monoisotopic (exact) mass is 1890 g/mol. The van der Waals surface area contributed by atoms with E-state index in [4.69, 9.17) is 37.9 Å². The van der Waals surface area contributed by atoms with E-state index in [2.05, 4.69) is 47.9 Å². The van der Waals surface area contributed by atoms with Crippen LogP contribution in [0.2, 0.25) is 0 Å². The number of aliphatic hydroxyl groups excluding tert-OH is 12. The Morgan fingerprint density at radius 1 is 0.250 bits per heavy atom. The summed E-state index contributed by atoms with van der Waals surface area (Å²) in [6.07, 6.45) is -3.04. The highest BCUT2D eigenvalue weighted by Crippen LogP contribution is 2.27. The number of nitrogens with one attached hydrogen (secondary N) is 9. The Morgan fingerprint density at radius 2 is 0.508 bits per heavy atom. The molecular weight excluding hydrogens is 1730 g/mol. The van der Waals surface area contributed by atoms with E-state index < -0.39 is 135 Å². The Balaban J connectivity index is 0.000000680. The van der Waals surface area contributed by atoms with E-state index in [-0.39, 0.29) is 162 Å². The fourth-order valence-corrected chi connectivity index (χ4v) is 15.1. The lowest BCUT2D eigenvalue weighted by molar-refractivity contribution is -0.293. The van der Waals surface area contributed by atoms with E-state index in [1.807, 2.05) is 13.8 Å². The molecule has 132 heavy (non-hydrogen) atoms. The number of aliphatic hydroxyl groups is 12. The SMILES string of the molecule is CCNC(=O)CCCCCCC(=O)C[C@@H](CCCCCC(=O)CCCCC(=O)NCCO[C@@H]1O[C@@H](C)[C@@H](O)[C@@H](O)[C@@H]1O)C(=O)NCCCCCC(=O)CCCO[C@@H]1O[C@@H](C)[C@@H](O)[C@@H](O)[C@@H]1O.CCNC(=O)CCCCCCC(=O)N[C@@H](CCCCNC(=O)CCCCC(=O)NCCO[C@@H]1O[C@@H](C)[C@@H](O)[C@@H](O)[C@@H]1O)C(=O)NCCCCCC(=O)NCCO[C@@H]1O[C@@H](C)[C@@H](O)[C@@H](O)[C@@H]1O. The molecule has 4 heterocycles. The van der Waals surface area contributed by atoms with Crippen molar-refractivity contribution >= 4 is 70.5 Å². The first-order valence-electron chi connectivity index (χ1n) is 48.4. The van der Waals surface area contributed by atoms with Crippen molar-refractivity contribution in [3.8, 4) is 0 Å². The Bertz CT molecular complexity index is 3060. The highest BCUT2D eigenvalue weighted by Gasteiger charge is 2.46. The maximum absolute atomic E-state index is 13.3. The first-order chi connectivity index (χ1) is 63.1. The van der Waals surface area contributed by atoms with Crippen molar-refractivity contribution in [1.82, 2.24) is 47.9 Å². The third-order valence-electron chi connectivity index (χ3n) is 23.4. The molecule has 21 N–H and O–H groups in total. The van der Waals surface area contributed by atoms with Crippen LogP contribution in [0.3, 0.4) is 0 Å². The fraction of sp³-hybridized carbons (Fsp3) is 0.868. The Hall–Kier alpha value is -6.56. The maximum Gasteiger partial charge on any atom is 0.242 e. The minimum atomic E-state index is -1.43. The molecule has 4 aliphatic rings. The molecule has 22 atom stereocenters. The standard InChI is InChI=1S/C47H83N3O16.C44H80N6O16/c1-4-48-37(54)24-13-6-5-10-22-36(53)30-33(45(62)50-26-16-8-12-20-35(52)23-17-28-63-46-43(60)41(58)39(56)31(2)65-46)18-9-7-11-19-34(51)21-14-15-25-38(55)49-27-29-64-47-44(61)42(59)40(57)32(3)66-47;1-4-45-31(51)17-8-5-6-9-21-35(55)50-30(42(62)49-23-14-7-10-18-33(53)47-24-26-63-43-40(60)38(58)36(56)28(2)65-43)16-13-15-22-46-32(52)19-11-12-20-34(54)48-25-27-64-44-41(61)39(59)37(57)29(3)66-44/h31-33,39-44,46-47,56-61H,4-30H2,1-3H3,(H,48,54)(H,49,55)(H,50,62);28-30,36-41,43-44,56-61H,4-27H2,1-3H3,(H,45,51)(H,46,52)(H,47,53)(H,48,54)(H,49,62)(H,50,55)/t31-,32-,33+,39+,40+,41+,42+,43-,44-,46+,47+;28-,29-,30-,36+,37+,38+,39+,40-,41-,43+,44+/m00/s1. The average Bonchev–Trinajstić information content (AvgIpc) is 0.841. The van der Waals surface area contributed by atoms with Crippen molar-refractivity contribution in [1.29, 1.82) is 0 Å². The third kappa shape index (κ3) is 51.6. The molecule has 41 heteroatoms. The van der Waals surface area contributed by atoms with Gasteiger partial charge in [-0.1, -0.05) is 51.4 Å². The molecule has 0 aliphatic carbocycles. The van der Waals surface area contributed by atoms with Crippen molar-refractivity contribution in [2.24, 2.45) is 5.92 Å². The zero-order chi connectivity index (χ0) is 97.7. The number of ketones is 3. The summed E-state index contributed by atoms with van der Waals surface area (Å²) in [4.78, 5) is 150. The van der Waals surface area contributed by atoms with Crippen LogP contribution >= 0.6 is 0 Å². The molecule has 0 bridgehead atoms. The van der Waals surface area contributed by atoms with Gasteiger partial charge in [0.1, 0.15) is 96.6 Å². The molecule has 0 aromatic heterocycles. The van der Waals surface area contributed by atoms with Crippen LogP contribution in [0.15, 0.2) is 0 Å². The number of hydrogen-bond acceptors (Lipinski definition) is 32. The molecule has 764 valence electrons. The molecule has 0 aromatic carbocycles. The van der Waals surface area contributed by atoms with E-state index in [9.17, 15) is 119 Å². The molecule has 4 fully saturated rings. The van der Waals surface area contributed by atoms with Gasteiger partial charge in [-0.2, -0.15) is 0 Å². The van der Waals surface area contributed by atoms with Gasteiger partial charge in [-0.05, 0) is 157 Å². The quantitative estimate of drug-likeness (QED) is 0.0365. The third-order valence-corrected chi connectivity index (χ3v) is 23.4. The first-order valence-corrected chi connectivity index (χ1v) is 48.4. The zero-order valence-electron chi connectivity index (χ0n) is 78.8. The van der Waals surface area contributed by atoms with Gasteiger partial charge < -0.3 is 147 Å². The lowest BCUT2D eigenvalue weighted by Gasteiger charge is -2.38. The van der Waals surface area contributed by atoms with Crippen LogP contribution in [0.1, 0.15) is 292 Å². The van der Waals surface area contributed by atoms with Crippen molar-refractivity contribution in [2.75, 3.05) is 78.8 Å². The van der Waals surface area contributed by atoms with Gasteiger partial charge in [0.05, 0.1) is 50.8 Å². The summed E-state index contributed by atoms with van der Waals surface area (Å²) in [5.74, 6) is -1.80. The smallest absolute Gasteiger partial charge is 0.242 e. The zero-order valence-corrected chi connectivity index (χ0v) is 78.8. The van der Waals surface area contributed by atoms with Crippen molar-refractivity contribution in [3.05, 3.63) is 0 Å². The van der Waals surface area contributed by atoms with Gasteiger partial charge in [0.15, 0.2) is 25.2 Å². The van der Waals surface area contributed by atoms with Gasteiger partial charge in [0.2, 0.25) is 53.2 Å². The van der Waals surface area contributed by atoms with Crippen molar-refractivity contribution < 1.29 is 157 Å². The number of Topliss-reactive ketones (excluding diaryl/α,β-unsaturated/α-hetero) is 3. The van der Waals surface area contributed by atoms with E-state index in [1.165, 1.54) is 0 Å². The molecular formula is C91H163N9O32. The van der Waals surface area contributed by atoms with Crippen LogP contribution in [0.5, 0.6) is 0 Å². The van der Waals surface area contributed by atoms with Gasteiger partial charge >= 0.3 is 0 Å². The number of carbonyl (C=O) groups excluding carboxylic acids is 12. The number of unbranched alkanes of at least 4 members (excludes halogenated alkanes) is 15. The second-order valence-corrected chi connectivity index (χ2v) is 34.8. The predicted molar refractivity (Wildman–Crippen MR) is 479 cm³/mol. The summed E-state index contributed by atoms with van der Waals surface area (Å²) in [5, 5.41) is 144. The van der Waals surface area contributed by atoms with E-state index >= 15 is 0 Å². The summed E-state index contributed by atoms with van der Waals surface area (Å²) in [6, 6.07) is -0.772. The van der Waals surface area contributed by atoms with Gasteiger partial charge in [-0.25, -0.2) is 0 Å². The molecule has 0 saturated carbocycles. The predicted octanol–water partition coefficient (Wildman–Crippen LogP) is 0.341. The van der Waals surface area contributed by atoms with E-state index in [1.54, 1.807) is 27.7 Å². The Morgan fingerprint density at radius 3 is 0.871 bits per heavy atom. The molecule has 0 spiro atoms. The number of amides is 9. The van der Waals surface area contributed by atoms with Gasteiger partial charge in [-0.15, -0.1) is 0 Å². The molecule has 0 unspecified atom stereocenters. The Kier molecular flexibility index (Phi) is 64.3. The second kappa shape index (κ2) is 71.0. The van der Waals surface area contributed by atoms with Crippen LogP contribution in [0.4, 0.5) is 0 Å². The van der Waals surface area contributed by atoms with Crippen LogP contribution in [-0.4, -0.2) is 339 Å². The van der Waals surface area contributed by atoms with Gasteiger partial charge in [0.25, 0.3) is 0 Å². The molecule has 0 radical (unpaired) electrons. The number of ether oxygens (including phenoxy) is 8. The summed E-state index contributed by atoms with van der Waals surface area (Å²) in [5.41, 5.74) is 0. The van der Waals surface area contributed by atoms with Crippen LogP contribution in [-0.2, 0) is 95.4 Å². The highest BCUT2D eigenvalue weighted by molar-refractivity contribution is 5.88. The van der Waals surface area contributed by atoms with E-state index in [0.29, 0.717) is 187 Å². The van der Waals surface area contributed by atoms with E-state index in [0.717, 1.165) is 51.4 Å². The largest absolute Gasteiger partial charge is 0.388 e. The second-order valence-electron chi connectivity index (χ2n) is 34.8. The summed E-state index contributed by atoms with van der Waals surface area (Å²) < 4.78 is 43.2. The Labute approximate surface area is 777 Å². The first kappa shape index (κ1) is 120. The molecule has 4 rings (SSSR count). The van der Waals surface area contributed by atoms with Crippen LogP contribution in [0, 0.1) is 5.92 Å². The number of rotatable bonds is 71. The normalized spacial score (nSPS) is 25.7. The highest BCUT2D eigenvalue weighted by atomic mass is 16.7. The van der Waals surface area contributed by atoms with Gasteiger partial charge in [0, 0.05) is 142 Å². The minimum absolute atomic E-state index is 0.00880. The van der Waals surface area contributed by atoms with Crippen molar-refractivity contribution in [3.63, 3.8) is 0 Å². The lowest BCUT2D eigenvalue weighted by atomic mass is 9.92. The lowest BCUT2D eigenvalue weighted by Crippen LogP contribution is -2.57. The molecule has 9 amide bonds. The van der Waals surface area contributed by atoms with Crippen molar-refractivity contribution in [2.45, 2.75) is 421 Å². The summed E-state index contributed by atoms with van der Waals surface area (Å²) in [6.45, 7) is 13.0. The summed E-state index contributed by atoms with van der Waals surface area (Å²) in [7, 11) is 0. The molecule has 41 nitrogen and oxygen atoms in total. The summed E-state index contributed by atoms with van der Waals surface area (Å²) >= 11 is 0.